The molecule has 0 N–H and O–H groups in total. The molecule has 0 radical (unpaired) electrons. The molecule has 3 rings (SSSR count). The first-order valence-electron chi connectivity index (χ1n) is 11.2. The van der Waals surface area contributed by atoms with E-state index >= 15 is 0 Å². The summed E-state index contributed by atoms with van der Waals surface area (Å²) in [5.74, 6) is 0.0301. The molecule has 0 unspecified atom stereocenters. The summed E-state index contributed by atoms with van der Waals surface area (Å²) in [5, 5.41) is 0. The van der Waals surface area contributed by atoms with Crippen LogP contribution in [-0.4, -0.2) is 61.2 Å². The van der Waals surface area contributed by atoms with Crippen molar-refractivity contribution in [2.45, 2.75) is 29.8 Å². The van der Waals surface area contributed by atoms with Crippen molar-refractivity contribution < 1.29 is 32.2 Å². The topological polar surface area (TPSA) is 59.1 Å². The number of piperazine rings is 1. The van der Waals surface area contributed by atoms with Crippen LogP contribution >= 0.6 is 11.8 Å². The van der Waals surface area contributed by atoms with E-state index in [4.69, 9.17) is 9.47 Å². The van der Waals surface area contributed by atoms with E-state index < -0.39 is 23.7 Å². The van der Waals surface area contributed by atoms with E-state index in [9.17, 15) is 22.8 Å². The number of amides is 2. The Morgan fingerprint density at radius 1 is 0.971 bits per heavy atom. The van der Waals surface area contributed by atoms with Crippen LogP contribution in [0, 0.1) is 0 Å². The summed E-state index contributed by atoms with van der Waals surface area (Å²) >= 11 is 0.952. The van der Waals surface area contributed by atoms with Gasteiger partial charge in [-0.05, 0) is 43.7 Å². The fraction of sp³-hybridized carbons (Fsp3) is 0.360. The molecule has 0 saturated carbocycles. The van der Waals surface area contributed by atoms with Gasteiger partial charge in [-0.25, -0.2) is 4.79 Å². The van der Waals surface area contributed by atoms with Crippen molar-refractivity contribution in [3.63, 3.8) is 0 Å². The molecule has 0 aliphatic carbocycles. The van der Waals surface area contributed by atoms with E-state index in [0.717, 1.165) is 17.8 Å². The maximum atomic E-state index is 14.0. The molecule has 1 fully saturated rings. The lowest BCUT2D eigenvalue weighted by molar-refractivity contribution is -0.139. The minimum Gasteiger partial charge on any atom is -0.493 e. The van der Waals surface area contributed by atoms with Crippen molar-refractivity contribution in [3.8, 4) is 5.75 Å². The number of ether oxygens (including phenoxy) is 2. The Hall–Kier alpha value is -3.14. The largest absolute Gasteiger partial charge is 0.493 e. The van der Waals surface area contributed by atoms with Crippen LogP contribution < -0.4 is 4.74 Å². The molecule has 0 spiro atoms. The Morgan fingerprint density at radius 2 is 1.63 bits per heavy atom. The highest BCUT2D eigenvalue weighted by Gasteiger charge is 2.35. The molecule has 2 amide bonds. The summed E-state index contributed by atoms with van der Waals surface area (Å²) in [4.78, 5) is 28.3. The highest BCUT2D eigenvalue weighted by Crippen LogP contribution is 2.43. The summed E-state index contributed by atoms with van der Waals surface area (Å²) in [6.45, 7) is 8.96. The lowest BCUT2D eigenvalue weighted by Crippen LogP contribution is -2.50. The first-order valence-corrected chi connectivity index (χ1v) is 12.0. The predicted octanol–water partition coefficient (Wildman–Crippen LogP) is 5.57. The number of hydrogen-bond acceptors (Lipinski definition) is 5. The third-order valence-electron chi connectivity index (χ3n) is 5.35. The van der Waals surface area contributed by atoms with Crippen LogP contribution in [0.3, 0.4) is 0 Å². The predicted molar refractivity (Wildman–Crippen MR) is 127 cm³/mol. The molecule has 1 aliphatic heterocycles. The Labute approximate surface area is 206 Å². The Kier molecular flexibility index (Phi) is 8.71. The average molecular weight is 509 g/mol. The molecule has 1 saturated heterocycles. The van der Waals surface area contributed by atoms with Gasteiger partial charge in [-0.1, -0.05) is 36.5 Å². The molecule has 6 nitrogen and oxygen atoms in total. The van der Waals surface area contributed by atoms with Crippen molar-refractivity contribution in [1.29, 1.82) is 0 Å². The number of carbonyl (C=O) groups is 2. The number of rotatable bonds is 7. The second kappa shape index (κ2) is 11.5. The van der Waals surface area contributed by atoms with E-state index in [1.807, 2.05) is 0 Å². The van der Waals surface area contributed by atoms with Crippen molar-refractivity contribution in [3.05, 3.63) is 60.2 Å². The highest BCUT2D eigenvalue weighted by molar-refractivity contribution is 7.99. The number of benzene rings is 2. The molecule has 2 aromatic rings. The van der Waals surface area contributed by atoms with Crippen molar-refractivity contribution in [1.82, 2.24) is 9.80 Å². The van der Waals surface area contributed by atoms with E-state index in [0.29, 0.717) is 17.3 Å². The maximum absolute atomic E-state index is 14.0. The number of para-hydroxylation sites is 1. The zero-order valence-electron chi connectivity index (χ0n) is 19.6. The van der Waals surface area contributed by atoms with E-state index in [1.165, 1.54) is 21.9 Å². The minimum atomic E-state index is -4.63. The van der Waals surface area contributed by atoms with Gasteiger partial charge in [0, 0.05) is 36.6 Å². The van der Waals surface area contributed by atoms with Crippen LogP contribution in [0.2, 0.25) is 0 Å². The average Bonchev–Trinajstić information content (AvgIpc) is 2.84. The van der Waals surface area contributed by atoms with Crippen LogP contribution in [0.1, 0.15) is 25.0 Å². The van der Waals surface area contributed by atoms with Crippen LogP contribution in [0.15, 0.2) is 58.8 Å². The fourth-order valence-corrected chi connectivity index (χ4v) is 4.61. The van der Waals surface area contributed by atoms with Crippen LogP contribution in [-0.2, 0) is 15.7 Å². The zero-order valence-corrected chi connectivity index (χ0v) is 20.4. The van der Waals surface area contributed by atoms with Crippen molar-refractivity contribution >= 4 is 29.3 Å². The number of hydrogen-bond donors (Lipinski definition) is 0. The number of carbonyl (C=O) groups excluding carboxylic acids is 2. The summed E-state index contributed by atoms with van der Waals surface area (Å²) in [7, 11) is 0. The molecule has 188 valence electrons. The highest BCUT2D eigenvalue weighted by atomic mass is 32.2. The van der Waals surface area contributed by atoms with E-state index in [2.05, 4.69) is 6.58 Å². The normalized spacial score (nSPS) is 14.0. The third-order valence-corrected chi connectivity index (χ3v) is 6.49. The first kappa shape index (κ1) is 26.5. The number of nitrogens with zero attached hydrogens (tertiary/aromatic N) is 2. The number of halogens is 3. The van der Waals surface area contributed by atoms with Gasteiger partial charge in [-0.3, -0.25) is 4.79 Å². The smallest absolute Gasteiger partial charge is 0.417 e. The summed E-state index contributed by atoms with van der Waals surface area (Å²) < 4.78 is 52.4. The fourth-order valence-electron chi connectivity index (χ4n) is 3.58. The van der Waals surface area contributed by atoms with Gasteiger partial charge in [0.25, 0.3) is 5.91 Å². The second-order valence-electron chi connectivity index (χ2n) is 7.65. The van der Waals surface area contributed by atoms with Gasteiger partial charge in [-0.2, -0.15) is 13.2 Å². The zero-order chi connectivity index (χ0) is 25.6. The molecule has 0 bridgehead atoms. The van der Waals surface area contributed by atoms with Gasteiger partial charge in [0.15, 0.2) is 0 Å². The molecule has 0 atom stereocenters. The summed E-state index contributed by atoms with van der Waals surface area (Å²) in [6.07, 6.45) is -5.08. The van der Waals surface area contributed by atoms with Crippen LogP contribution in [0.4, 0.5) is 18.0 Å². The van der Waals surface area contributed by atoms with Gasteiger partial charge in [0.05, 0.1) is 23.7 Å². The molecule has 35 heavy (non-hydrogen) atoms. The Morgan fingerprint density at radius 3 is 2.26 bits per heavy atom. The van der Waals surface area contributed by atoms with Gasteiger partial charge in [-0.15, -0.1) is 0 Å². The van der Waals surface area contributed by atoms with Gasteiger partial charge in [0.2, 0.25) is 0 Å². The number of alkyl halides is 3. The standard InChI is InChI=1S/C25H27F3N2O4S/c1-4-33-20-8-6-7-9-22(20)35-21-11-10-18(16-19(21)25(26,27)28)17(3)23(31)29-12-14-30(15-13-29)24(32)34-5-2/h6-11,16H,3-5,12-15H2,1-2H3. The Balaban J connectivity index is 1.79. The molecular formula is C25H27F3N2O4S. The van der Waals surface area contributed by atoms with Crippen LogP contribution in [0.5, 0.6) is 5.75 Å². The molecule has 1 aliphatic rings. The monoisotopic (exact) mass is 508 g/mol. The lowest BCUT2D eigenvalue weighted by atomic mass is 10.0. The minimum absolute atomic E-state index is 0.00305. The van der Waals surface area contributed by atoms with Gasteiger partial charge >= 0.3 is 12.3 Å². The van der Waals surface area contributed by atoms with Crippen molar-refractivity contribution in [2.75, 3.05) is 39.4 Å². The second-order valence-corrected chi connectivity index (χ2v) is 8.73. The maximum Gasteiger partial charge on any atom is 0.417 e. The van der Waals surface area contributed by atoms with Gasteiger partial charge in [0.1, 0.15) is 5.75 Å². The molecule has 2 aromatic carbocycles. The Bertz CT molecular complexity index is 1080. The first-order chi connectivity index (χ1) is 16.7. The summed E-state index contributed by atoms with van der Waals surface area (Å²) in [5.41, 5.74) is -0.795. The molecule has 10 heteroatoms. The van der Waals surface area contributed by atoms with Crippen LogP contribution in [0.25, 0.3) is 5.57 Å². The summed E-state index contributed by atoms with van der Waals surface area (Å²) in [6, 6.07) is 10.7. The van der Waals surface area contributed by atoms with Gasteiger partial charge < -0.3 is 19.3 Å². The quantitative estimate of drug-likeness (QED) is 0.458. The third kappa shape index (κ3) is 6.50. The molecular weight excluding hydrogens is 481 g/mol. The van der Waals surface area contributed by atoms with E-state index in [1.54, 1.807) is 38.1 Å². The SMILES string of the molecule is C=C(C(=O)N1CCN(C(=O)OCC)CC1)c1ccc(Sc2ccccc2OCC)c(C(F)(F)F)c1. The lowest BCUT2D eigenvalue weighted by Gasteiger charge is -2.34. The molecule has 1 heterocycles. The van der Waals surface area contributed by atoms with Crippen molar-refractivity contribution in [2.24, 2.45) is 0 Å². The molecule has 0 aromatic heterocycles. The van der Waals surface area contributed by atoms with E-state index in [-0.39, 0.29) is 48.8 Å².